The second-order valence-electron chi connectivity index (χ2n) is 6.28. The fourth-order valence-electron chi connectivity index (χ4n) is 2.41. The third-order valence-electron chi connectivity index (χ3n) is 3.74. The highest BCUT2D eigenvalue weighted by Gasteiger charge is 2.29. The van der Waals surface area contributed by atoms with Gasteiger partial charge in [-0.3, -0.25) is 0 Å². The van der Waals surface area contributed by atoms with Crippen molar-refractivity contribution in [3.8, 4) is 0 Å². The summed E-state index contributed by atoms with van der Waals surface area (Å²) < 4.78 is 0.349. The first-order valence-electron chi connectivity index (χ1n) is 8.13. The van der Waals surface area contributed by atoms with Gasteiger partial charge in [-0.05, 0) is 32.4 Å². The summed E-state index contributed by atoms with van der Waals surface area (Å²) in [5.74, 6) is 2.67. The molecule has 2 heterocycles. The van der Waals surface area contributed by atoms with Gasteiger partial charge in [-0.2, -0.15) is 11.8 Å². The van der Waals surface area contributed by atoms with Gasteiger partial charge in [0.2, 0.25) is 0 Å². The van der Waals surface area contributed by atoms with Crippen molar-refractivity contribution < 1.29 is 0 Å². The SMILES string of the molecule is CCNC(=NCc1csc(C(C)C)n1)NCC1(C)CCCS1.I. The van der Waals surface area contributed by atoms with E-state index in [9.17, 15) is 0 Å². The molecule has 1 unspecified atom stereocenters. The van der Waals surface area contributed by atoms with Crippen LogP contribution in [0.5, 0.6) is 0 Å². The average molecular weight is 468 g/mol. The van der Waals surface area contributed by atoms with Crippen LogP contribution in [0.1, 0.15) is 57.2 Å². The summed E-state index contributed by atoms with van der Waals surface area (Å²) in [6.07, 6.45) is 2.61. The van der Waals surface area contributed by atoms with Gasteiger partial charge in [-0.25, -0.2) is 9.98 Å². The lowest BCUT2D eigenvalue weighted by atomic mass is 10.1. The molecule has 132 valence electrons. The molecule has 0 aromatic carbocycles. The van der Waals surface area contributed by atoms with E-state index in [0.29, 0.717) is 17.2 Å². The third kappa shape index (κ3) is 6.78. The first kappa shape index (κ1) is 21.0. The van der Waals surface area contributed by atoms with Crippen molar-refractivity contribution in [3.63, 3.8) is 0 Å². The van der Waals surface area contributed by atoms with Gasteiger partial charge in [0.15, 0.2) is 5.96 Å². The summed E-state index contributed by atoms with van der Waals surface area (Å²) in [6.45, 7) is 11.3. The van der Waals surface area contributed by atoms with Crippen molar-refractivity contribution in [1.82, 2.24) is 15.6 Å². The number of thioether (sulfide) groups is 1. The fourth-order valence-corrected chi connectivity index (χ4v) is 4.48. The average Bonchev–Trinajstić information content (AvgIpc) is 3.11. The van der Waals surface area contributed by atoms with Crippen molar-refractivity contribution in [3.05, 3.63) is 16.1 Å². The quantitative estimate of drug-likeness (QED) is 0.373. The highest BCUT2D eigenvalue weighted by atomic mass is 127. The van der Waals surface area contributed by atoms with E-state index in [0.717, 1.165) is 24.7 Å². The number of aromatic nitrogens is 1. The van der Waals surface area contributed by atoms with E-state index < -0.39 is 0 Å². The molecule has 23 heavy (non-hydrogen) atoms. The molecule has 0 saturated carbocycles. The van der Waals surface area contributed by atoms with Crippen LogP contribution in [0.2, 0.25) is 0 Å². The number of rotatable bonds is 6. The van der Waals surface area contributed by atoms with Crippen LogP contribution in [0.15, 0.2) is 10.4 Å². The number of aliphatic imine (C=N–C) groups is 1. The predicted octanol–water partition coefficient (Wildman–Crippen LogP) is 4.23. The van der Waals surface area contributed by atoms with E-state index in [-0.39, 0.29) is 24.0 Å². The molecule has 7 heteroatoms. The molecule has 1 atom stereocenters. The summed E-state index contributed by atoms with van der Waals surface area (Å²) in [4.78, 5) is 9.32. The van der Waals surface area contributed by atoms with E-state index in [1.54, 1.807) is 11.3 Å². The van der Waals surface area contributed by atoms with Crippen molar-refractivity contribution in [2.75, 3.05) is 18.8 Å². The van der Waals surface area contributed by atoms with Crippen molar-refractivity contribution in [1.29, 1.82) is 0 Å². The van der Waals surface area contributed by atoms with E-state index in [1.165, 1.54) is 23.6 Å². The van der Waals surface area contributed by atoms with Crippen LogP contribution < -0.4 is 10.6 Å². The van der Waals surface area contributed by atoms with Crippen molar-refractivity contribution in [2.45, 2.75) is 57.7 Å². The van der Waals surface area contributed by atoms with E-state index in [4.69, 9.17) is 0 Å². The summed E-state index contributed by atoms with van der Waals surface area (Å²) in [5.41, 5.74) is 1.06. The van der Waals surface area contributed by atoms with Gasteiger partial charge in [0, 0.05) is 29.1 Å². The Balaban J connectivity index is 0.00000264. The van der Waals surface area contributed by atoms with Gasteiger partial charge >= 0.3 is 0 Å². The van der Waals surface area contributed by atoms with E-state index in [2.05, 4.69) is 65.4 Å². The summed E-state index contributed by atoms with van der Waals surface area (Å²) in [6, 6.07) is 0. The molecule has 1 aliphatic heterocycles. The Morgan fingerprint density at radius 1 is 1.43 bits per heavy atom. The molecular weight excluding hydrogens is 439 g/mol. The van der Waals surface area contributed by atoms with Crippen LogP contribution >= 0.6 is 47.1 Å². The Morgan fingerprint density at radius 3 is 2.78 bits per heavy atom. The second-order valence-corrected chi connectivity index (χ2v) is 8.85. The molecule has 0 radical (unpaired) electrons. The zero-order chi connectivity index (χ0) is 16.0. The number of nitrogens with one attached hydrogen (secondary N) is 2. The van der Waals surface area contributed by atoms with Gasteiger partial charge in [-0.15, -0.1) is 35.3 Å². The zero-order valence-corrected chi connectivity index (χ0v) is 18.5. The summed E-state index contributed by atoms with van der Waals surface area (Å²) >= 11 is 3.80. The highest BCUT2D eigenvalue weighted by molar-refractivity contribution is 14.0. The lowest BCUT2D eigenvalue weighted by Crippen LogP contribution is -2.43. The smallest absolute Gasteiger partial charge is 0.191 e. The minimum atomic E-state index is 0. The fraction of sp³-hybridized carbons (Fsp3) is 0.750. The van der Waals surface area contributed by atoms with Crippen molar-refractivity contribution in [2.24, 2.45) is 4.99 Å². The number of nitrogens with zero attached hydrogens (tertiary/aromatic N) is 2. The highest BCUT2D eigenvalue weighted by Crippen LogP contribution is 2.36. The van der Waals surface area contributed by atoms with E-state index >= 15 is 0 Å². The van der Waals surface area contributed by atoms with Crippen LogP contribution in [0.25, 0.3) is 0 Å². The first-order chi connectivity index (χ1) is 10.5. The van der Waals surface area contributed by atoms with Crippen LogP contribution in [0, 0.1) is 0 Å². The largest absolute Gasteiger partial charge is 0.357 e. The number of halogens is 1. The molecule has 1 fully saturated rings. The Hall–Kier alpha value is -0.0200. The number of hydrogen-bond donors (Lipinski definition) is 2. The lowest BCUT2D eigenvalue weighted by molar-refractivity contribution is 0.584. The minimum Gasteiger partial charge on any atom is -0.357 e. The van der Waals surface area contributed by atoms with Crippen molar-refractivity contribution >= 4 is 53.0 Å². The molecule has 0 spiro atoms. The molecule has 0 amide bonds. The van der Waals surface area contributed by atoms with Gasteiger partial charge in [0.25, 0.3) is 0 Å². The first-order valence-corrected chi connectivity index (χ1v) is 9.99. The predicted molar refractivity (Wildman–Crippen MR) is 115 cm³/mol. The Morgan fingerprint density at radius 2 is 2.22 bits per heavy atom. The van der Waals surface area contributed by atoms with Crippen LogP contribution in [0.3, 0.4) is 0 Å². The molecular formula is C16H29IN4S2. The molecule has 1 aromatic heterocycles. The van der Waals surface area contributed by atoms with Crippen LogP contribution in [-0.4, -0.2) is 34.5 Å². The molecule has 1 saturated heterocycles. The Labute approximate surface area is 165 Å². The van der Waals surface area contributed by atoms with E-state index in [1.807, 2.05) is 0 Å². The number of hydrogen-bond acceptors (Lipinski definition) is 4. The zero-order valence-electron chi connectivity index (χ0n) is 14.5. The third-order valence-corrected chi connectivity index (χ3v) is 6.47. The second kappa shape index (κ2) is 10.1. The topological polar surface area (TPSA) is 49.3 Å². The lowest BCUT2D eigenvalue weighted by Gasteiger charge is -2.24. The molecule has 2 N–H and O–H groups in total. The Kier molecular flexibility index (Phi) is 9.21. The molecule has 2 rings (SSSR count). The summed E-state index contributed by atoms with van der Waals surface area (Å²) in [7, 11) is 0. The maximum absolute atomic E-state index is 4.68. The maximum atomic E-state index is 4.68. The molecule has 1 aliphatic rings. The van der Waals surface area contributed by atoms with Gasteiger partial charge < -0.3 is 10.6 Å². The Bertz CT molecular complexity index is 496. The normalized spacial score (nSPS) is 21.3. The summed E-state index contributed by atoms with van der Waals surface area (Å²) in [5, 5.41) is 10.1. The van der Waals surface area contributed by atoms with Crippen LogP contribution in [0.4, 0.5) is 0 Å². The monoisotopic (exact) mass is 468 g/mol. The van der Waals surface area contributed by atoms with Gasteiger partial charge in [0.1, 0.15) is 0 Å². The molecule has 0 bridgehead atoms. The standard InChI is InChI=1S/C16H28N4S2.HI/c1-5-17-15(19-11-16(4)7-6-8-22-16)18-9-13-10-21-14(20-13)12(2)3;/h10,12H,5-9,11H2,1-4H3,(H2,17,18,19);1H. The number of thiazole rings is 1. The van der Waals surface area contributed by atoms with Crippen LogP contribution in [-0.2, 0) is 6.54 Å². The molecule has 0 aliphatic carbocycles. The van der Waals surface area contributed by atoms with Gasteiger partial charge in [0.05, 0.1) is 17.2 Å². The molecule has 4 nitrogen and oxygen atoms in total. The maximum Gasteiger partial charge on any atom is 0.191 e. The molecule has 1 aromatic rings. The number of guanidine groups is 1. The minimum absolute atomic E-state index is 0. The van der Waals surface area contributed by atoms with Gasteiger partial charge in [-0.1, -0.05) is 13.8 Å².